The highest BCUT2D eigenvalue weighted by atomic mass is 32.2. The van der Waals surface area contributed by atoms with Gasteiger partial charge < -0.3 is 17.7 Å². The number of Topliss-reactive ketones (excluding diaryl/α,β-unsaturated/α-hetero) is 4. The summed E-state index contributed by atoms with van der Waals surface area (Å²) in [4.78, 5) is 82.1. The molecule has 0 aliphatic carbocycles. The van der Waals surface area contributed by atoms with Gasteiger partial charge in [0.2, 0.25) is 23.6 Å². The molecule has 12 aromatic rings. The number of aryl methyl sites for hydroxylation is 12. The van der Waals surface area contributed by atoms with Crippen LogP contribution in [0, 0.1) is 48.5 Å². The molecule has 0 unspecified atom stereocenters. The summed E-state index contributed by atoms with van der Waals surface area (Å²) in [7, 11) is -14.4. The van der Waals surface area contributed by atoms with E-state index in [4.69, 9.17) is 17.7 Å². The maximum Gasteiger partial charge on any atom is 0.226 e. The minimum atomic E-state index is -3.62. The molecule has 0 saturated heterocycles. The Kier molecular flexibility index (Phi) is 33.1. The zero-order valence-corrected chi connectivity index (χ0v) is 70.3. The van der Waals surface area contributed by atoms with Gasteiger partial charge in [0.15, 0.2) is 39.3 Å². The summed E-state index contributed by atoms with van der Waals surface area (Å²) in [5.41, 5.74) is 13.2. The molecule has 0 bridgehead atoms. The number of carbonyl (C=O) groups is 4. The van der Waals surface area contributed by atoms with Crippen molar-refractivity contribution in [3.63, 3.8) is 0 Å². The van der Waals surface area contributed by atoms with Crippen LogP contribution in [0.15, 0.2) is 213 Å². The quantitative estimate of drug-likeness (QED) is 0.0349. The number of benzene rings is 4. The molecule has 0 saturated carbocycles. The molecule has 24 nitrogen and oxygen atoms in total. The summed E-state index contributed by atoms with van der Waals surface area (Å²) in [6.45, 7) is 14.8. The van der Waals surface area contributed by atoms with Crippen molar-refractivity contribution in [2.75, 3.05) is 23.0 Å². The van der Waals surface area contributed by atoms with Crippen LogP contribution in [0.2, 0.25) is 0 Å². The molecular formula is C89H98N8O16S4. The standard InChI is InChI=1S/C23H26N2O4S.3C22H24N2O4S/c1-3-18-9-11-20(12-10-18)23-25-22(17(2)29-23)16-30(27,28)15-21(26)8-4-6-19-7-5-13-24-14-19;3*1-16-8-10-19(11-9-16)22-24-21(17(2)28-22)15-29(26,27)14-20(25)7-3-5-18-6-4-12-23-13-18/h5,7,9-14H,3-4,6,8,15-16H2,1-2H3;3*4,6,8-13H,3,5,7,14-15H2,1-2H3. The molecule has 0 aliphatic heterocycles. The Labute approximate surface area is 684 Å². The average molecular weight is 1660 g/mol. The molecule has 0 atom stereocenters. The third-order valence-electron chi connectivity index (χ3n) is 18.6. The minimum absolute atomic E-state index is 0.223. The zero-order chi connectivity index (χ0) is 84.1. The molecule has 614 valence electrons. The lowest BCUT2D eigenvalue weighted by atomic mass is 10.1. The number of aromatic nitrogens is 8. The molecule has 0 spiro atoms. The second kappa shape index (κ2) is 43.1. The van der Waals surface area contributed by atoms with Crippen LogP contribution in [0.5, 0.6) is 0 Å². The van der Waals surface area contributed by atoms with Crippen LogP contribution < -0.4 is 0 Å². The van der Waals surface area contributed by atoms with Crippen LogP contribution in [-0.4, -0.2) is 120 Å². The van der Waals surface area contributed by atoms with E-state index in [1.807, 2.05) is 166 Å². The van der Waals surface area contributed by atoms with Crippen molar-refractivity contribution >= 4 is 62.5 Å². The van der Waals surface area contributed by atoms with Crippen molar-refractivity contribution < 1.29 is 70.5 Å². The number of nitrogens with zero attached hydrogens (tertiary/aromatic N) is 8. The molecule has 117 heavy (non-hydrogen) atoms. The van der Waals surface area contributed by atoms with Crippen molar-refractivity contribution in [3.8, 4) is 45.8 Å². The van der Waals surface area contributed by atoms with Crippen LogP contribution in [-0.2, 0) is 114 Å². The van der Waals surface area contributed by atoms with Crippen molar-refractivity contribution in [1.29, 1.82) is 0 Å². The van der Waals surface area contributed by atoms with Crippen molar-refractivity contribution in [2.45, 2.75) is 162 Å². The summed E-state index contributed by atoms with van der Waals surface area (Å²) < 4.78 is 122. The molecule has 12 rings (SSSR count). The summed E-state index contributed by atoms with van der Waals surface area (Å²) in [5, 5.41) is 0. The predicted octanol–water partition coefficient (Wildman–Crippen LogP) is 15.7. The zero-order valence-electron chi connectivity index (χ0n) is 67.1. The SMILES string of the molecule is CCc1ccc(-c2nc(CS(=O)(=O)CC(=O)CCCc3cccnc3)c(C)o2)cc1.Cc1ccc(-c2nc(CS(=O)(=O)CC(=O)CCCc3cccnc3)c(C)o2)cc1.Cc1ccc(-c2nc(CS(=O)(=O)CC(=O)CCCc3cccnc3)c(C)o2)cc1.Cc1ccc(-c2nc(CS(=O)(=O)CC(=O)CCCc3cccnc3)c(C)o2)cc1. The third-order valence-corrected chi connectivity index (χ3v) is 24.5. The molecule has 28 heteroatoms. The highest BCUT2D eigenvalue weighted by molar-refractivity contribution is 7.92. The van der Waals surface area contributed by atoms with Gasteiger partial charge >= 0.3 is 0 Å². The highest BCUT2D eigenvalue weighted by Crippen LogP contribution is 2.29. The van der Waals surface area contributed by atoms with E-state index in [2.05, 4.69) is 46.8 Å². The van der Waals surface area contributed by atoms with Gasteiger partial charge in [0.05, 0.1) is 45.8 Å². The number of hydrogen-bond acceptors (Lipinski definition) is 24. The largest absolute Gasteiger partial charge is 0.441 e. The Bertz CT molecular complexity index is 5300. The van der Waals surface area contributed by atoms with Gasteiger partial charge in [0, 0.05) is 97.5 Å². The number of sulfone groups is 4. The number of oxazole rings is 4. The first-order valence-corrected chi connectivity index (χ1v) is 45.7. The van der Waals surface area contributed by atoms with Gasteiger partial charge in [-0.1, -0.05) is 96.4 Å². The van der Waals surface area contributed by atoms with Gasteiger partial charge in [-0.05, 0) is 207 Å². The Morgan fingerprint density at radius 1 is 0.291 bits per heavy atom. The smallest absolute Gasteiger partial charge is 0.226 e. The van der Waals surface area contributed by atoms with Crippen molar-refractivity contribution in [1.82, 2.24) is 39.9 Å². The first-order chi connectivity index (χ1) is 55.8. The lowest BCUT2D eigenvalue weighted by molar-refractivity contribution is -0.117. The number of hydrogen-bond donors (Lipinski definition) is 0. The highest BCUT2D eigenvalue weighted by Gasteiger charge is 2.27. The van der Waals surface area contributed by atoms with Gasteiger partial charge in [-0.3, -0.25) is 39.1 Å². The molecule has 0 N–H and O–H groups in total. The van der Waals surface area contributed by atoms with E-state index >= 15 is 0 Å². The number of ketones is 4. The van der Waals surface area contributed by atoms with Gasteiger partial charge in [-0.2, -0.15) is 0 Å². The van der Waals surface area contributed by atoms with Gasteiger partial charge in [0.25, 0.3) is 0 Å². The topological polar surface area (TPSA) is 361 Å². The second-order valence-electron chi connectivity index (χ2n) is 28.9. The van der Waals surface area contributed by atoms with E-state index in [1.54, 1.807) is 77.3 Å². The number of rotatable bonds is 37. The van der Waals surface area contributed by atoms with E-state index in [-0.39, 0.29) is 71.8 Å². The van der Waals surface area contributed by atoms with E-state index < -0.39 is 62.4 Å². The maximum atomic E-state index is 12.5. The second-order valence-corrected chi connectivity index (χ2v) is 37.1. The summed E-state index contributed by atoms with van der Waals surface area (Å²) in [6, 6.07) is 45.8. The lowest BCUT2D eigenvalue weighted by Crippen LogP contribution is -2.18. The molecule has 0 amide bonds. The number of pyridine rings is 4. The molecule has 8 aromatic heterocycles. The molecule has 4 aromatic carbocycles. The Morgan fingerprint density at radius 2 is 0.504 bits per heavy atom. The average Bonchev–Trinajstić information content (AvgIpc) is 1.70. The van der Waals surface area contributed by atoms with Gasteiger partial charge in [-0.25, -0.2) is 53.6 Å². The van der Waals surface area contributed by atoms with Crippen LogP contribution in [0.3, 0.4) is 0 Å². The monoisotopic (exact) mass is 1660 g/mol. The minimum Gasteiger partial charge on any atom is -0.441 e. The molecule has 8 heterocycles. The predicted molar refractivity (Wildman–Crippen MR) is 449 cm³/mol. The first kappa shape index (κ1) is 89.7. The van der Waals surface area contributed by atoms with E-state index in [0.717, 1.165) is 67.6 Å². The van der Waals surface area contributed by atoms with Gasteiger partial charge in [0.1, 0.15) is 69.2 Å². The summed E-state index contributed by atoms with van der Waals surface area (Å²) in [5.74, 6) is -0.905. The lowest BCUT2D eigenvalue weighted by Gasteiger charge is -2.03. The molecule has 0 fully saturated rings. The fraction of sp³-hybridized carbons (Fsp3) is 0.326. The van der Waals surface area contributed by atoms with Crippen LogP contribution in [0.1, 0.15) is 149 Å². The fourth-order valence-electron chi connectivity index (χ4n) is 12.2. The normalized spacial score (nSPS) is 11.5. The fourth-order valence-corrected chi connectivity index (χ4v) is 17.8. The Morgan fingerprint density at radius 3 is 0.701 bits per heavy atom. The van der Waals surface area contributed by atoms with E-state index in [1.165, 1.54) is 5.56 Å². The molecular weight excluding hydrogens is 1570 g/mol. The summed E-state index contributed by atoms with van der Waals surface area (Å²) >= 11 is 0. The third kappa shape index (κ3) is 30.4. The van der Waals surface area contributed by atoms with Gasteiger partial charge in [-0.15, -0.1) is 0 Å². The van der Waals surface area contributed by atoms with E-state index in [0.29, 0.717) is 121 Å². The Hall–Kier alpha value is -11.2. The van der Waals surface area contributed by atoms with Crippen LogP contribution >= 0.6 is 0 Å². The van der Waals surface area contributed by atoms with Crippen molar-refractivity contribution in [3.05, 3.63) is 285 Å². The van der Waals surface area contributed by atoms with Crippen molar-refractivity contribution in [2.24, 2.45) is 0 Å². The van der Waals surface area contributed by atoms with Crippen LogP contribution in [0.25, 0.3) is 45.8 Å². The molecule has 0 aliphatic rings. The Balaban J connectivity index is 0.000000178. The van der Waals surface area contributed by atoms with Crippen LogP contribution in [0.4, 0.5) is 0 Å². The first-order valence-electron chi connectivity index (χ1n) is 38.4. The van der Waals surface area contributed by atoms with E-state index in [9.17, 15) is 52.8 Å². The summed E-state index contributed by atoms with van der Waals surface area (Å²) in [6.07, 6.45) is 20.8. The maximum absolute atomic E-state index is 12.5. The number of carbonyl (C=O) groups excluding carboxylic acids is 4. The molecule has 0 radical (unpaired) electrons.